The molecule has 0 bridgehead atoms. The minimum atomic E-state index is -0.981. The number of aromatic hydroxyl groups is 1. The summed E-state index contributed by atoms with van der Waals surface area (Å²) in [5.41, 5.74) is 1.12. The van der Waals surface area contributed by atoms with Crippen LogP contribution < -0.4 is 4.74 Å². The second-order valence-corrected chi connectivity index (χ2v) is 7.57. The highest BCUT2D eigenvalue weighted by molar-refractivity contribution is 5.47. The molecule has 2 aromatic carbocycles. The van der Waals surface area contributed by atoms with E-state index in [1.165, 1.54) is 12.1 Å². The molecule has 0 saturated carbocycles. The van der Waals surface area contributed by atoms with E-state index in [1.807, 2.05) is 0 Å². The average molecular weight is 373 g/mol. The molecule has 0 spiro atoms. The van der Waals surface area contributed by atoms with Crippen LogP contribution in [0.2, 0.25) is 0 Å². The summed E-state index contributed by atoms with van der Waals surface area (Å²) in [7, 11) is 0. The molecule has 1 saturated heterocycles. The number of phenols is 1. The van der Waals surface area contributed by atoms with E-state index in [0.717, 1.165) is 5.56 Å². The highest BCUT2D eigenvalue weighted by atomic mass is 19.1. The van der Waals surface area contributed by atoms with Crippen molar-refractivity contribution in [3.8, 4) is 11.5 Å². The average Bonchev–Trinajstić information content (AvgIpc) is 2.65. The van der Waals surface area contributed by atoms with Crippen molar-refractivity contribution in [2.24, 2.45) is 0 Å². The topological polar surface area (TPSA) is 73.2 Å². The molecule has 2 heterocycles. The van der Waals surface area contributed by atoms with Crippen LogP contribution >= 0.6 is 0 Å². The second kappa shape index (κ2) is 6.78. The molecule has 3 N–H and O–H groups in total. The molecule has 4 rings (SSSR count). The summed E-state index contributed by atoms with van der Waals surface area (Å²) in [6.07, 6.45) is 0.289. The Balaban J connectivity index is 1.48. The molecule has 5 nitrogen and oxygen atoms in total. The maximum absolute atomic E-state index is 13.2. The number of benzene rings is 2. The van der Waals surface area contributed by atoms with Gasteiger partial charge in [-0.2, -0.15) is 0 Å². The molecule has 6 heteroatoms. The predicted octanol–water partition coefficient (Wildman–Crippen LogP) is 2.62. The van der Waals surface area contributed by atoms with Crippen LogP contribution in [-0.4, -0.2) is 46.0 Å². The quantitative estimate of drug-likeness (QED) is 0.755. The number of halogens is 1. The second-order valence-electron chi connectivity index (χ2n) is 7.57. The number of likely N-dealkylation sites (tertiary alicyclic amines) is 1. The Morgan fingerprint density at radius 1 is 1.15 bits per heavy atom. The summed E-state index contributed by atoms with van der Waals surface area (Å²) >= 11 is 0. The van der Waals surface area contributed by atoms with Gasteiger partial charge in [0.2, 0.25) is 0 Å². The van der Waals surface area contributed by atoms with Gasteiger partial charge in [0.15, 0.2) is 0 Å². The number of hydrogen-bond donors (Lipinski definition) is 3. The first-order valence-electron chi connectivity index (χ1n) is 9.24. The SMILES string of the molecule is Cc1cc2c(cc1O)OCC(N1CCC(O)(c3ccc(F)cc3)CC1)C2O. The minimum absolute atomic E-state index is 0.154. The molecule has 0 radical (unpaired) electrons. The van der Waals surface area contributed by atoms with Crippen molar-refractivity contribution in [2.75, 3.05) is 19.7 Å². The van der Waals surface area contributed by atoms with Crippen LogP contribution in [0.4, 0.5) is 4.39 Å². The lowest BCUT2D eigenvalue weighted by atomic mass is 9.83. The van der Waals surface area contributed by atoms with Crippen LogP contribution in [0.15, 0.2) is 36.4 Å². The van der Waals surface area contributed by atoms with E-state index in [-0.39, 0.29) is 17.6 Å². The Bertz CT molecular complexity index is 831. The van der Waals surface area contributed by atoms with Crippen LogP contribution in [0.1, 0.15) is 35.6 Å². The Labute approximate surface area is 157 Å². The third-order valence-corrected chi connectivity index (χ3v) is 5.90. The number of aliphatic hydroxyl groups is 2. The summed E-state index contributed by atoms with van der Waals surface area (Å²) in [5.74, 6) is 0.352. The summed E-state index contributed by atoms with van der Waals surface area (Å²) in [4.78, 5) is 2.13. The maximum atomic E-state index is 13.2. The van der Waals surface area contributed by atoms with Crippen molar-refractivity contribution >= 4 is 0 Å². The summed E-state index contributed by atoms with van der Waals surface area (Å²) in [5, 5.41) is 31.7. The molecule has 2 aliphatic rings. The third kappa shape index (κ3) is 3.29. The standard InChI is InChI=1S/C21H24FNO4/c1-13-10-16-19(11-18(13)24)27-12-17(20(16)25)23-8-6-21(26,7-9-23)14-2-4-15(22)5-3-14/h2-5,10-11,17,20,24-26H,6-9,12H2,1H3. The lowest BCUT2D eigenvalue weighted by Gasteiger charge is -2.44. The van der Waals surface area contributed by atoms with Gasteiger partial charge in [-0.25, -0.2) is 4.39 Å². The number of fused-ring (bicyclic) bond motifs is 1. The lowest BCUT2D eigenvalue weighted by molar-refractivity contribution is -0.0665. The van der Waals surface area contributed by atoms with Crippen molar-refractivity contribution in [3.05, 3.63) is 58.9 Å². The number of aryl methyl sites for hydroxylation is 1. The Morgan fingerprint density at radius 3 is 2.48 bits per heavy atom. The molecular formula is C21H24FNO4. The van der Waals surface area contributed by atoms with Gasteiger partial charge in [-0.1, -0.05) is 12.1 Å². The summed E-state index contributed by atoms with van der Waals surface area (Å²) < 4.78 is 18.9. The van der Waals surface area contributed by atoms with Crippen molar-refractivity contribution < 1.29 is 24.4 Å². The van der Waals surface area contributed by atoms with E-state index >= 15 is 0 Å². The van der Waals surface area contributed by atoms with Crippen LogP contribution in [0.5, 0.6) is 11.5 Å². The molecule has 2 aliphatic heterocycles. The van der Waals surface area contributed by atoms with E-state index in [4.69, 9.17) is 4.74 Å². The maximum Gasteiger partial charge on any atom is 0.128 e. The number of rotatable bonds is 2. The zero-order valence-electron chi connectivity index (χ0n) is 15.2. The number of nitrogens with zero attached hydrogens (tertiary/aromatic N) is 1. The van der Waals surface area contributed by atoms with Gasteiger partial charge in [0.25, 0.3) is 0 Å². The molecule has 2 atom stereocenters. The number of phenolic OH excluding ortho intramolecular Hbond substituents is 1. The van der Waals surface area contributed by atoms with E-state index in [0.29, 0.717) is 49.4 Å². The van der Waals surface area contributed by atoms with Crippen molar-refractivity contribution in [1.29, 1.82) is 0 Å². The Morgan fingerprint density at radius 2 is 1.81 bits per heavy atom. The molecule has 27 heavy (non-hydrogen) atoms. The first-order chi connectivity index (χ1) is 12.9. The fourth-order valence-corrected chi connectivity index (χ4v) is 4.11. The first kappa shape index (κ1) is 18.2. The molecule has 0 amide bonds. The molecule has 2 aromatic rings. The zero-order valence-corrected chi connectivity index (χ0v) is 15.2. The summed E-state index contributed by atoms with van der Waals surface area (Å²) in [6, 6.07) is 9.11. The highest BCUT2D eigenvalue weighted by Crippen LogP contribution is 2.40. The molecular weight excluding hydrogens is 349 g/mol. The number of ether oxygens (including phenoxy) is 1. The summed E-state index contributed by atoms with van der Waals surface area (Å²) in [6.45, 7) is 3.32. The number of piperidine rings is 1. The predicted molar refractivity (Wildman–Crippen MR) is 98.2 cm³/mol. The zero-order chi connectivity index (χ0) is 19.2. The van der Waals surface area contributed by atoms with Crippen LogP contribution in [0.3, 0.4) is 0 Å². The van der Waals surface area contributed by atoms with Crippen LogP contribution in [0, 0.1) is 12.7 Å². The first-order valence-corrected chi connectivity index (χ1v) is 9.24. The lowest BCUT2D eigenvalue weighted by Crippen LogP contribution is -2.52. The van der Waals surface area contributed by atoms with E-state index in [2.05, 4.69) is 4.90 Å². The van der Waals surface area contributed by atoms with Crippen molar-refractivity contribution in [1.82, 2.24) is 4.90 Å². The van der Waals surface area contributed by atoms with Gasteiger partial charge in [-0.05, 0) is 49.1 Å². The monoisotopic (exact) mass is 373 g/mol. The van der Waals surface area contributed by atoms with Gasteiger partial charge in [0.05, 0.1) is 11.6 Å². The van der Waals surface area contributed by atoms with Gasteiger partial charge >= 0.3 is 0 Å². The Kier molecular flexibility index (Phi) is 4.58. The Hall–Kier alpha value is -2.15. The van der Waals surface area contributed by atoms with Crippen LogP contribution in [0.25, 0.3) is 0 Å². The minimum Gasteiger partial charge on any atom is -0.508 e. The van der Waals surface area contributed by atoms with E-state index in [1.54, 1.807) is 31.2 Å². The van der Waals surface area contributed by atoms with Crippen molar-refractivity contribution in [2.45, 2.75) is 37.5 Å². The van der Waals surface area contributed by atoms with Gasteiger partial charge in [0, 0.05) is 24.7 Å². The molecule has 1 fully saturated rings. The molecule has 144 valence electrons. The van der Waals surface area contributed by atoms with Gasteiger partial charge < -0.3 is 20.1 Å². The number of hydrogen-bond acceptors (Lipinski definition) is 5. The van der Waals surface area contributed by atoms with Gasteiger partial charge in [0.1, 0.15) is 30.0 Å². The molecule has 0 aliphatic carbocycles. The third-order valence-electron chi connectivity index (χ3n) is 5.90. The largest absolute Gasteiger partial charge is 0.508 e. The fraction of sp³-hybridized carbons (Fsp3) is 0.429. The highest BCUT2D eigenvalue weighted by Gasteiger charge is 2.40. The van der Waals surface area contributed by atoms with Crippen molar-refractivity contribution in [3.63, 3.8) is 0 Å². The van der Waals surface area contributed by atoms with Crippen LogP contribution in [-0.2, 0) is 5.60 Å². The smallest absolute Gasteiger partial charge is 0.128 e. The van der Waals surface area contributed by atoms with E-state index < -0.39 is 11.7 Å². The normalized spacial score (nSPS) is 24.9. The van der Waals surface area contributed by atoms with Gasteiger partial charge in [-0.15, -0.1) is 0 Å². The molecule has 0 aromatic heterocycles. The molecule has 2 unspecified atom stereocenters. The number of aliphatic hydroxyl groups excluding tert-OH is 1. The van der Waals surface area contributed by atoms with Gasteiger partial charge in [-0.3, -0.25) is 4.90 Å². The fourth-order valence-electron chi connectivity index (χ4n) is 4.11. The van der Waals surface area contributed by atoms with E-state index in [9.17, 15) is 19.7 Å².